The number of nitrogens with zero attached hydrogens (tertiary/aromatic N) is 3. The third-order valence-corrected chi connectivity index (χ3v) is 4.79. The smallest absolute Gasteiger partial charge is 0.112 e. The topological polar surface area (TPSA) is 50.9 Å². The van der Waals surface area contributed by atoms with E-state index in [-0.39, 0.29) is 6.61 Å². The zero-order valence-corrected chi connectivity index (χ0v) is 13.3. The summed E-state index contributed by atoms with van der Waals surface area (Å²) in [6.07, 6.45) is 8.94. The highest BCUT2D eigenvalue weighted by Gasteiger charge is 2.18. The van der Waals surface area contributed by atoms with Crippen LogP contribution in [-0.2, 0) is 13.0 Å². The maximum Gasteiger partial charge on any atom is 0.112 e. The maximum absolute atomic E-state index is 9.54. The fourth-order valence-corrected chi connectivity index (χ4v) is 3.42. The number of hydrogen-bond acceptors (Lipinski definition) is 3. The van der Waals surface area contributed by atoms with Crippen LogP contribution >= 0.6 is 0 Å². The van der Waals surface area contributed by atoms with Gasteiger partial charge in [0.15, 0.2) is 0 Å². The first-order valence-electron chi connectivity index (χ1n) is 8.39. The van der Waals surface area contributed by atoms with Gasteiger partial charge in [0, 0.05) is 0 Å². The number of benzene rings is 1. The van der Waals surface area contributed by atoms with E-state index in [1.165, 1.54) is 44.1 Å². The second-order valence-electron chi connectivity index (χ2n) is 6.43. The van der Waals surface area contributed by atoms with Crippen molar-refractivity contribution >= 4 is 0 Å². The molecule has 1 aliphatic carbocycles. The molecular weight excluding hydrogens is 274 g/mol. The van der Waals surface area contributed by atoms with Crippen LogP contribution in [0, 0.1) is 12.8 Å². The highest BCUT2D eigenvalue weighted by Crippen LogP contribution is 2.28. The Bertz CT molecular complexity index is 597. The Hall–Kier alpha value is -1.68. The summed E-state index contributed by atoms with van der Waals surface area (Å²) < 4.78 is 1.90. The standard InChI is InChI=1S/C18H25N3O/c1-14-7-10-16(11-8-14)21-18(17(13-22)19-20-21)12-9-15-5-3-2-4-6-15/h7-8,10-11,15,22H,2-6,9,12-13H2,1H3. The van der Waals surface area contributed by atoms with Crippen molar-refractivity contribution in [3.63, 3.8) is 0 Å². The predicted molar refractivity (Wildman–Crippen MR) is 86.9 cm³/mol. The Labute approximate surface area is 132 Å². The lowest BCUT2D eigenvalue weighted by molar-refractivity contribution is 0.274. The normalized spacial score (nSPS) is 16.1. The van der Waals surface area contributed by atoms with Crippen LogP contribution < -0.4 is 0 Å². The molecule has 1 fully saturated rings. The maximum atomic E-state index is 9.54. The van der Waals surface area contributed by atoms with Gasteiger partial charge in [0.05, 0.1) is 18.0 Å². The average molecular weight is 299 g/mol. The summed E-state index contributed by atoms with van der Waals surface area (Å²) in [4.78, 5) is 0. The molecule has 1 N–H and O–H groups in total. The van der Waals surface area contributed by atoms with Crippen molar-refractivity contribution in [3.05, 3.63) is 41.2 Å². The highest BCUT2D eigenvalue weighted by molar-refractivity contribution is 5.35. The molecule has 0 saturated heterocycles. The van der Waals surface area contributed by atoms with E-state index in [2.05, 4.69) is 41.5 Å². The lowest BCUT2D eigenvalue weighted by atomic mass is 9.85. The fourth-order valence-electron chi connectivity index (χ4n) is 3.42. The summed E-state index contributed by atoms with van der Waals surface area (Å²) >= 11 is 0. The van der Waals surface area contributed by atoms with Gasteiger partial charge in [-0.2, -0.15) is 0 Å². The minimum absolute atomic E-state index is 0.0359. The second kappa shape index (κ2) is 7.05. The molecule has 0 radical (unpaired) electrons. The molecule has 0 bridgehead atoms. The van der Waals surface area contributed by atoms with Crippen molar-refractivity contribution in [1.82, 2.24) is 15.0 Å². The molecule has 2 aromatic rings. The van der Waals surface area contributed by atoms with Gasteiger partial charge in [-0.1, -0.05) is 55.0 Å². The molecule has 4 heteroatoms. The van der Waals surface area contributed by atoms with Gasteiger partial charge in [-0.25, -0.2) is 4.68 Å². The van der Waals surface area contributed by atoms with Crippen LogP contribution in [0.25, 0.3) is 5.69 Å². The summed E-state index contributed by atoms with van der Waals surface area (Å²) in [7, 11) is 0. The predicted octanol–water partition coefficient (Wildman–Crippen LogP) is 3.58. The first kappa shape index (κ1) is 15.2. The molecule has 0 aliphatic heterocycles. The molecule has 0 unspecified atom stereocenters. The van der Waals surface area contributed by atoms with Gasteiger partial charge < -0.3 is 5.11 Å². The van der Waals surface area contributed by atoms with Crippen LogP contribution in [0.4, 0.5) is 0 Å². The highest BCUT2D eigenvalue weighted by atomic mass is 16.3. The molecule has 1 saturated carbocycles. The molecule has 1 heterocycles. The molecule has 0 amide bonds. The molecule has 4 nitrogen and oxygen atoms in total. The fraction of sp³-hybridized carbons (Fsp3) is 0.556. The van der Waals surface area contributed by atoms with Gasteiger partial charge in [-0.05, 0) is 37.8 Å². The zero-order valence-electron chi connectivity index (χ0n) is 13.3. The van der Waals surface area contributed by atoms with Crippen molar-refractivity contribution in [2.75, 3.05) is 0 Å². The largest absolute Gasteiger partial charge is 0.390 e. The minimum atomic E-state index is -0.0359. The first-order valence-corrected chi connectivity index (χ1v) is 8.39. The minimum Gasteiger partial charge on any atom is -0.390 e. The quantitative estimate of drug-likeness (QED) is 0.918. The molecule has 0 atom stereocenters. The Kier molecular flexibility index (Phi) is 4.88. The number of aliphatic hydroxyl groups is 1. The van der Waals surface area contributed by atoms with Crippen molar-refractivity contribution < 1.29 is 5.11 Å². The first-order chi connectivity index (χ1) is 10.8. The van der Waals surface area contributed by atoms with E-state index in [4.69, 9.17) is 0 Å². The van der Waals surface area contributed by atoms with Crippen molar-refractivity contribution in [2.24, 2.45) is 5.92 Å². The van der Waals surface area contributed by atoms with E-state index < -0.39 is 0 Å². The number of aliphatic hydroxyl groups excluding tert-OH is 1. The van der Waals surface area contributed by atoms with Crippen LogP contribution in [0.15, 0.2) is 24.3 Å². The van der Waals surface area contributed by atoms with Crippen molar-refractivity contribution in [3.8, 4) is 5.69 Å². The van der Waals surface area contributed by atoms with E-state index in [1.807, 2.05) is 4.68 Å². The zero-order chi connectivity index (χ0) is 15.4. The van der Waals surface area contributed by atoms with Crippen LogP contribution in [0.3, 0.4) is 0 Å². The van der Waals surface area contributed by atoms with Crippen LogP contribution in [0.5, 0.6) is 0 Å². The molecule has 1 aliphatic rings. The Morgan fingerprint density at radius 1 is 1.14 bits per heavy atom. The molecule has 3 rings (SSSR count). The molecule has 0 spiro atoms. The van der Waals surface area contributed by atoms with Gasteiger partial charge in [-0.15, -0.1) is 5.10 Å². The number of hydrogen-bond donors (Lipinski definition) is 1. The summed E-state index contributed by atoms with van der Waals surface area (Å²) in [5.74, 6) is 0.821. The Balaban J connectivity index is 1.79. The van der Waals surface area contributed by atoms with E-state index in [9.17, 15) is 5.11 Å². The molecule has 118 valence electrons. The van der Waals surface area contributed by atoms with Crippen LogP contribution in [0.1, 0.15) is 55.5 Å². The number of rotatable bonds is 5. The Morgan fingerprint density at radius 2 is 1.86 bits per heavy atom. The number of aromatic nitrogens is 3. The summed E-state index contributed by atoms with van der Waals surface area (Å²) in [6, 6.07) is 8.30. The van der Waals surface area contributed by atoms with E-state index in [1.54, 1.807) is 0 Å². The lowest BCUT2D eigenvalue weighted by Gasteiger charge is -2.21. The summed E-state index contributed by atoms with van der Waals surface area (Å²) in [5, 5.41) is 18.0. The number of aryl methyl sites for hydroxylation is 1. The third-order valence-electron chi connectivity index (χ3n) is 4.79. The second-order valence-corrected chi connectivity index (χ2v) is 6.43. The average Bonchev–Trinajstić information content (AvgIpc) is 2.97. The SMILES string of the molecule is Cc1ccc(-n2nnc(CO)c2CCC2CCCCC2)cc1. The monoisotopic (exact) mass is 299 g/mol. The van der Waals surface area contributed by atoms with Crippen molar-refractivity contribution in [2.45, 2.75) is 58.5 Å². The van der Waals surface area contributed by atoms with Gasteiger partial charge in [0.25, 0.3) is 0 Å². The van der Waals surface area contributed by atoms with E-state index in [0.717, 1.165) is 29.4 Å². The molecule has 1 aromatic carbocycles. The summed E-state index contributed by atoms with van der Waals surface area (Å²) in [6.45, 7) is 2.04. The van der Waals surface area contributed by atoms with Gasteiger partial charge in [-0.3, -0.25) is 0 Å². The van der Waals surface area contributed by atoms with Crippen LogP contribution in [0.2, 0.25) is 0 Å². The third kappa shape index (κ3) is 3.38. The van der Waals surface area contributed by atoms with Crippen molar-refractivity contribution in [1.29, 1.82) is 0 Å². The van der Waals surface area contributed by atoms with E-state index in [0.29, 0.717) is 0 Å². The molecular formula is C18H25N3O. The summed E-state index contributed by atoms with van der Waals surface area (Å²) in [5.41, 5.74) is 4.04. The Morgan fingerprint density at radius 3 is 2.55 bits per heavy atom. The van der Waals surface area contributed by atoms with E-state index >= 15 is 0 Å². The molecule has 22 heavy (non-hydrogen) atoms. The van der Waals surface area contributed by atoms with Crippen LogP contribution in [-0.4, -0.2) is 20.1 Å². The van der Waals surface area contributed by atoms with Gasteiger partial charge in [0.2, 0.25) is 0 Å². The van der Waals surface area contributed by atoms with Gasteiger partial charge >= 0.3 is 0 Å². The van der Waals surface area contributed by atoms with Gasteiger partial charge in [0.1, 0.15) is 5.69 Å². The molecule has 1 aromatic heterocycles. The lowest BCUT2D eigenvalue weighted by Crippen LogP contribution is -2.10.